The molecule has 0 spiro atoms. The second-order valence-electron chi connectivity index (χ2n) is 4.57. The third kappa shape index (κ3) is 3.44. The highest BCUT2D eigenvalue weighted by atomic mass is 16.5. The van der Waals surface area contributed by atoms with Crippen LogP contribution in [0.4, 0.5) is 5.82 Å². The van der Waals surface area contributed by atoms with E-state index in [9.17, 15) is 4.79 Å². The molecule has 0 atom stereocenters. The molecule has 0 radical (unpaired) electrons. The molecule has 2 N–H and O–H groups in total. The van der Waals surface area contributed by atoms with E-state index < -0.39 is 0 Å². The quantitative estimate of drug-likeness (QED) is 0.815. The van der Waals surface area contributed by atoms with Gasteiger partial charge in [-0.2, -0.15) is 0 Å². The lowest BCUT2D eigenvalue weighted by Gasteiger charge is -2.20. The molecule has 1 aliphatic rings. The number of anilines is 1. The van der Waals surface area contributed by atoms with E-state index in [-0.39, 0.29) is 5.97 Å². The van der Waals surface area contributed by atoms with E-state index in [0.717, 1.165) is 0 Å². The van der Waals surface area contributed by atoms with E-state index in [4.69, 9.17) is 10.5 Å². The Morgan fingerprint density at radius 1 is 1.35 bits per heavy atom. The number of nitrogens with zero attached hydrogens (tertiary/aromatic N) is 1. The Balaban J connectivity index is 1.82. The van der Waals surface area contributed by atoms with Crippen molar-refractivity contribution in [2.75, 3.05) is 12.3 Å². The third-order valence-corrected chi connectivity index (χ3v) is 3.20. The summed E-state index contributed by atoms with van der Waals surface area (Å²) in [7, 11) is 0. The fraction of sp³-hybridized carbons (Fsp3) is 0.538. The van der Waals surface area contributed by atoms with E-state index in [0.29, 0.717) is 23.9 Å². The number of pyridine rings is 1. The number of carbonyl (C=O) groups excluding carboxylic acids is 1. The van der Waals surface area contributed by atoms with Gasteiger partial charge >= 0.3 is 5.97 Å². The Morgan fingerprint density at radius 2 is 2.12 bits per heavy atom. The predicted octanol–water partition coefficient (Wildman–Crippen LogP) is 2.40. The summed E-state index contributed by atoms with van der Waals surface area (Å²) in [6, 6.07) is 3.25. The molecule has 0 unspecified atom stereocenters. The summed E-state index contributed by atoms with van der Waals surface area (Å²) in [6.45, 7) is 0.531. The molecule has 0 amide bonds. The summed E-state index contributed by atoms with van der Waals surface area (Å²) in [5.74, 6) is 0.645. The number of esters is 1. The Labute approximate surface area is 101 Å². The molecule has 1 aromatic rings. The Morgan fingerprint density at radius 3 is 2.76 bits per heavy atom. The van der Waals surface area contributed by atoms with Gasteiger partial charge in [-0.15, -0.1) is 0 Å². The van der Waals surface area contributed by atoms with Gasteiger partial charge in [0.25, 0.3) is 0 Å². The largest absolute Gasteiger partial charge is 0.462 e. The van der Waals surface area contributed by atoms with Gasteiger partial charge in [0.15, 0.2) is 0 Å². The Bertz CT molecular complexity index is 370. The standard InChI is InChI=1S/C13H18N2O2/c14-12-7-6-11(8-15-12)13(16)17-9-10-4-2-1-3-5-10/h6-8,10H,1-5,9H2,(H2,14,15). The van der Waals surface area contributed by atoms with Crippen molar-refractivity contribution in [3.05, 3.63) is 23.9 Å². The summed E-state index contributed by atoms with van der Waals surface area (Å²) >= 11 is 0. The van der Waals surface area contributed by atoms with E-state index in [1.54, 1.807) is 12.1 Å². The molecule has 4 nitrogen and oxygen atoms in total. The van der Waals surface area contributed by atoms with Crippen LogP contribution in [0, 0.1) is 5.92 Å². The van der Waals surface area contributed by atoms with Crippen molar-refractivity contribution >= 4 is 11.8 Å². The highest BCUT2D eigenvalue weighted by molar-refractivity contribution is 5.89. The first-order valence-electron chi connectivity index (χ1n) is 6.14. The summed E-state index contributed by atoms with van der Waals surface area (Å²) < 4.78 is 5.29. The number of carbonyl (C=O) groups is 1. The summed E-state index contributed by atoms with van der Waals surface area (Å²) in [5, 5.41) is 0. The second kappa shape index (κ2) is 5.66. The zero-order valence-electron chi connectivity index (χ0n) is 9.89. The summed E-state index contributed by atoms with van der Waals surface area (Å²) in [5.41, 5.74) is 5.92. The first kappa shape index (κ1) is 11.9. The molecule has 0 bridgehead atoms. The van der Waals surface area contributed by atoms with Crippen LogP contribution in [-0.2, 0) is 4.74 Å². The number of rotatable bonds is 3. The van der Waals surface area contributed by atoms with Gasteiger partial charge in [0.1, 0.15) is 5.82 Å². The van der Waals surface area contributed by atoms with Gasteiger partial charge < -0.3 is 10.5 Å². The van der Waals surface area contributed by atoms with Crippen molar-refractivity contribution in [2.24, 2.45) is 5.92 Å². The van der Waals surface area contributed by atoms with Crippen LogP contribution in [0.15, 0.2) is 18.3 Å². The van der Waals surface area contributed by atoms with Crippen LogP contribution in [0.25, 0.3) is 0 Å². The summed E-state index contributed by atoms with van der Waals surface area (Å²) in [4.78, 5) is 15.6. The van der Waals surface area contributed by atoms with E-state index in [2.05, 4.69) is 4.98 Å². The monoisotopic (exact) mass is 234 g/mol. The number of hydrogen-bond donors (Lipinski definition) is 1. The topological polar surface area (TPSA) is 65.2 Å². The average molecular weight is 234 g/mol. The Hall–Kier alpha value is -1.58. The first-order valence-corrected chi connectivity index (χ1v) is 6.14. The molecule has 0 saturated heterocycles. The summed E-state index contributed by atoms with van der Waals surface area (Å²) in [6.07, 6.45) is 7.63. The molecule has 1 fully saturated rings. The fourth-order valence-corrected chi connectivity index (χ4v) is 2.16. The van der Waals surface area contributed by atoms with Crippen molar-refractivity contribution in [1.82, 2.24) is 4.98 Å². The molecule has 0 aliphatic heterocycles. The smallest absolute Gasteiger partial charge is 0.339 e. The highest BCUT2D eigenvalue weighted by Crippen LogP contribution is 2.23. The van der Waals surface area contributed by atoms with Crippen LogP contribution in [0.3, 0.4) is 0 Å². The van der Waals surface area contributed by atoms with Gasteiger partial charge in [0.2, 0.25) is 0 Å². The predicted molar refractivity (Wildman–Crippen MR) is 65.5 cm³/mol. The van der Waals surface area contributed by atoms with Gasteiger partial charge in [-0.05, 0) is 30.9 Å². The van der Waals surface area contributed by atoms with Gasteiger partial charge in [-0.1, -0.05) is 19.3 Å². The SMILES string of the molecule is Nc1ccc(C(=O)OCC2CCCCC2)cn1. The third-order valence-electron chi connectivity index (χ3n) is 3.20. The number of ether oxygens (including phenoxy) is 1. The van der Waals surface area contributed by atoms with Gasteiger partial charge in [-0.25, -0.2) is 9.78 Å². The normalized spacial score (nSPS) is 16.7. The molecule has 1 aliphatic carbocycles. The molecule has 4 heteroatoms. The minimum absolute atomic E-state index is 0.303. The van der Waals surface area contributed by atoms with Crippen LogP contribution in [0.2, 0.25) is 0 Å². The maximum atomic E-state index is 11.7. The van der Waals surface area contributed by atoms with E-state index >= 15 is 0 Å². The van der Waals surface area contributed by atoms with Crippen molar-refractivity contribution in [1.29, 1.82) is 0 Å². The van der Waals surface area contributed by atoms with Gasteiger partial charge in [-0.3, -0.25) is 0 Å². The number of aromatic nitrogens is 1. The van der Waals surface area contributed by atoms with E-state index in [1.807, 2.05) is 0 Å². The molecule has 92 valence electrons. The molecule has 2 rings (SSSR count). The molecule has 17 heavy (non-hydrogen) atoms. The van der Waals surface area contributed by atoms with Gasteiger partial charge in [0.05, 0.1) is 12.2 Å². The number of hydrogen-bond acceptors (Lipinski definition) is 4. The van der Waals surface area contributed by atoms with Crippen molar-refractivity contribution < 1.29 is 9.53 Å². The maximum absolute atomic E-state index is 11.7. The zero-order chi connectivity index (χ0) is 12.1. The lowest BCUT2D eigenvalue weighted by molar-refractivity contribution is 0.0410. The molecular formula is C13H18N2O2. The van der Waals surface area contributed by atoms with Crippen LogP contribution in [-0.4, -0.2) is 17.6 Å². The minimum Gasteiger partial charge on any atom is -0.462 e. The minimum atomic E-state index is -0.303. The van der Waals surface area contributed by atoms with Crippen LogP contribution >= 0.6 is 0 Å². The highest BCUT2D eigenvalue weighted by Gasteiger charge is 2.16. The second-order valence-corrected chi connectivity index (χ2v) is 4.57. The first-order chi connectivity index (χ1) is 8.25. The zero-order valence-corrected chi connectivity index (χ0v) is 9.89. The molecule has 0 aromatic carbocycles. The number of nitrogens with two attached hydrogens (primary N) is 1. The molecule has 1 aromatic heterocycles. The average Bonchev–Trinajstić information content (AvgIpc) is 2.38. The lowest BCUT2D eigenvalue weighted by atomic mass is 9.90. The molecule has 1 saturated carbocycles. The van der Waals surface area contributed by atoms with Crippen LogP contribution < -0.4 is 5.73 Å². The Kier molecular flexibility index (Phi) is 3.96. The van der Waals surface area contributed by atoms with Crippen LogP contribution in [0.5, 0.6) is 0 Å². The lowest BCUT2D eigenvalue weighted by Crippen LogP contribution is -2.17. The van der Waals surface area contributed by atoms with Crippen molar-refractivity contribution in [3.8, 4) is 0 Å². The molecular weight excluding hydrogens is 216 g/mol. The van der Waals surface area contributed by atoms with Crippen LogP contribution in [0.1, 0.15) is 42.5 Å². The molecule has 1 heterocycles. The van der Waals surface area contributed by atoms with E-state index in [1.165, 1.54) is 38.3 Å². The van der Waals surface area contributed by atoms with Crippen molar-refractivity contribution in [2.45, 2.75) is 32.1 Å². The fourth-order valence-electron chi connectivity index (χ4n) is 2.16. The van der Waals surface area contributed by atoms with Crippen molar-refractivity contribution in [3.63, 3.8) is 0 Å². The number of nitrogen functional groups attached to an aromatic ring is 1. The maximum Gasteiger partial charge on any atom is 0.339 e. The van der Waals surface area contributed by atoms with Gasteiger partial charge in [0, 0.05) is 6.20 Å².